The second-order valence-corrected chi connectivity index (χ2v) is 5.18. The van der Waals surface area contributed by atoms with Crippen molar-refractivity contribution in [2.45, 2.75) is 6.18 Å². The average Bonchev–Trinajstić information content (AvgIpc) is 2.92. The van der Waals surface area contributed by atoms with Crippen molar-refractivity contribution in [2.24, 2.45) is 0 Å². The van der Waals surface area contributed by atoms with Crippen molar-refractivity contribution in [3.05, 3.63) is 39.6 Å². The average molecular weight is 327 g/mol. The van der Waals surface area contributed by atoms with Crippen LogP contribution < -0.4 is 10.3 Å². The van der Waals surface area contributed by atoms with Gasteiger partial charge in [0.1, 0.15) is 16.3 Å². The largest absolute Gasteiger partial charge is 0.497 e. The standard InChI is InChI=1S/C13H8F3N3O2S/c1-21-6-2-3-17-8(4-6)10-18-11(20)9-7(13(14,15)16)5-22-12(9)19-10/h2-5H,1H3,(H,18,19,20). The van der Waals surface area contributed by atoms with Crippen molar-refractivity contribution in [1.82, 2.24) is 15.0 Å². The normalized spacial score (nSPS) is 11.8. The van der Waals surface area contributed by atoms with Crippen LogP contribution in [0.5, 0.6) is 5.75 Å². The van der Waals surface area contributed by atoms with Gasteiger partial charge in [-0.1, -0.05) is 0 Å². The number of methoxy groups -OCH3 is 1. The van der Waals surface area contributed by atoms with Gasteiger partial charge >= 0.3 is 6.18 Å². The molecule has 0 fully saturated rings. The molecule has 0 saturated carbocycles. The molecule has 3 aromatic rings. The van der Waals surface area contributed by atoms with Crippen molar-refractivity contribution in [1.29, 1.82) is 0 Å². The number of alkyl halides is 3. The van der Waals surface area contributed by atoms with Crippen LogP contribution in [0.25, 0.3) is 21.7 Å². The summed E-state index contributed by atoms with van der Waals surface area (Å²) < 4.78 is 43.6. The quantitative estimate of drug-likeness (QED) is 0.785. The fraction of sp³-hybridized carbons (Fsp3) is 0.154. The number of fused-ring (bicyclic) bond motifs is 1. The van der Waals surface area contributed by atoms with Crippen molar-refractivity contribution >= 4 is 21.6 Å². The molecule has 0 saturated heterocycles. The number of nitrogens with one attached hydrogen (secondary N) is 1. The summed E-state index contributed by atoms with van der Waals surface area (Å²) >= 11 is 0.764. The number of aromatic amines is 1. The first kappa shape index (κ1) is 14.5. The molecule has 0 aliphatic carbocycles. The summed E-state index contributed by atoms with van der Waals surface area (Å²) in [5.74, 6) is 0.585. The van der Waals surface area contributed by atoms with E-state index in [2.05, 4.69) is 15.0 Å². The van der Waals surface area contributed by atoms with Gasteiger partial charge in [0.05, 0.1) is 18.1 Å². The highest BCUT2D eigenvalue weighted by atomic mass is 32.1. The minimum atomic E-state index is -4.59. The van der Waals surface area contributed by atoms with Crippen molar-refractivity contribution in [3.8, 4) is 17.3 Å². The number of thiophene rings is 1. The van der Waals surface area contributed by atoms with Gasteiger partial charge in [-0.3, -0.25) is 9.78 Å². The summed E-state index contributed by atoms with van der Waals surface area (Å²) in [6, 6.07) is 3.13. The molecule has 0 aliphatic rings. The molecule has 114 valence electrons. The minimum absolute atomic E-state index is 0.00990. The molecule has 0 unspecified atom stereocenters. The van der Waals surface area contributed by atoms with E-state index in [0.29, 0.717) is 11.4 Å². The lowest BCUT2D eigenvalue weighted by atomic mass is 10.2. The molecule has 0 atom stereocenters. The summed E-state index contributed by atoms with van der Waals surface area (Å²) in [4.78, 5) is 22.4. The Hall–Kier alpha value is -2.42. The van der Waals surface area contributed by atoms with E-state index in [1.165, 1.54) is 19.4 Å². The lowest BCUT2D eigenvalue weighted by Gasteiger charge is -2.05. The highest BCUT2D eigenvalue weighted by Gasteiger charge is 2.35. The molecule has 3 aromatic heterocycles. The third-order valence-electron chi connectivity index (χ3n) is 2.96. The van der Waals surface area contributed by atoms with Gasteiger partial charge in [-0.15, -0.1) is 11.3 Å². The van der Waals surface area contributed by atoms with Crippen LogP contribution in [0.3, 0.4) is 0 Å². The number of rotatable bonds is 2. The van der Waals surface area contributed by atoms with Crippen LogP contribution >= 0.6 is 11.3 Å². The first-order valence-corrected chi connectivity index (χ1v) is 6.87. The van der Waals surface area contributed by atoms with Crippen LogP contribution in [-0.2, 0) is 6.18 Å². The zero-order valence-corrected chi connectivity index (χ0v) is 11.9. The lowest BCUT2D eigenvalue weighted by molar-refractivity contribution is -0.136. The predicted octanol–water partition coefficient (Wildman–Crippen LogP) is 3.07. The van der Waals surface area contributed by atoms with E-state index in [-0.39, 0.29) is 10.7 Å². The van der Waals surface area contributed by atoms with Gasteiger partial charge in [-0.25, -0.2) is 4.98 Å². The fourth-order valence-corrected chi connectivity index (χ4v) is 2.89. The SMILES string of the molecule is COc1ccnc(-c2nc3scc(C(F)(F)F)c3c(=O)[nH]2)c1. The Kier molecular flexibility index (Phi) is 3.36. The number of halogens is 3. The van der Waals surface area contributed by atoms with E-state index in [1.54, 1.807) is 6.07 Å². The second-order valence-electron chi connectivity index (χ2n) is 4.32. The first-order chi connectivity index (χ1) is 10.4. The molecular formula is C13H8F3N3O2S. The topological polar surface area (TPSA) is 67.9 Å². The maximum Gasteiger partial charge on any atom is 0.418 e. The molecule has 0 amide bonds. The van der Waals surface area contributed by atoms with Crippen molar-refractivity contribution in [3.63, 3.8) is 0 Å². The Balaban J connectivity index is 2.20. The zero-order chi connectivity index (χ0) is 15.9. The Morgan fingerprint density at radius 2 is 2.14 bits per heavy atom. The van der Waals surface area contributed by atoms with Gasteiger partial charge < -0.3 is 9.72 Å². The highest BCUT2D eigenvalue weighted by Crippen LogP contribution is 2.36. The number of hydrogen-bond donors (Lipinski definition) is 1. The summed E-state index contributed by atoms with van der Waals surface area (Å²) in [7, 11) is 1.47. The number of ether oxygens (including phenoxy) is 1. The summed E-state index contributed by atoms with van der Waals surface area (Å²) in [5, 5.41) is 0.430. The Labute approximate surface area is 125 Å². The minimum Gasteiger partial charge on any atom is -0.497 e. The smallest absolute Gasteiger partial charge is 0.418 e. The fourth-order valence-electron chi connectivity index (χ4n) is 1.95. The van der Waals surface area contributed by atoms with Crippen LogP contribution in [-0.4, -0.2) is 22.1 Å². The molecule has 0 aromatic carbocycles. The van der Waals surface area contributed by atoms with Crippen molar-refractivity contribution in [2.75, 3.05) is 7.11 Å². The summed E-state index contributed by atoms with van der Waals surface area (Å²) in [5.41, 5.74) is -1.52. The molecule has 22 heavy (non-hydrogen) atoms. The molecule has 0 spiro atoms. The molecule has 5 nitrogen and oxygen atoms in total. The van der Waals surface area contributed by atoms with Gasteiger partial charge in [0.15, 0.2) is 5.82 Å². The lowest BCUT2D eigenvalue weighted by Crippen LogP contribution is -2.14. The van der Waals surface area contributed by atoms with Gasteiger partial charge in [0.25, 0.3) is 5.56 Å². The van der Waals surface area contributed by atoms with Gasteiger partial charge in [-0.2, -0.15) is 13.2 Å². The predicted molar refractivity (Wildman–Crippen MR) is 75.0 cm³/mol. The Morgan fingerprint density at radius 1 is 1.36 bits per heavy atom. The number of H-pyrrole nitrogens is 1. The molecule has 0 aliphatic heterocycles. The van der Waals surface area contributed by atoms with Crippen LogP contribution in [0.2, 0.25) is 0 Å². The Bertz CT molecular complexity index is 901. The van der Waals surface area contributed by atoms with E-state index in [9.17, 15) is 18.0 Å². The first-order valence-electron chi connectivity index (χ1n) is 5.99. The summed E-state index contributed by atoms with van der Waals surface area (Å²) in [6.07, 6.45) is -3.14. The van der Waals surface area contributed by atoms with Crippen molar-refractivity contribution < 1.29 is 17.9 Å². The molecular weight excluding hydrogens is 319 g/mol. The van der Waals surface area contributed by atoms with E-state index in [0.717, 1.165) is 16.7 Å². The second kappa shape index (κ2) is 5.09. The number of pyridine rings is 1. The highest BCUT2D eigenvalue weighted by molar-refractivity contribution is 7.16. The van der Waals surface area contributed by atoms with Gasteiger partial charge in [0.2, 0.25) is 0 Å². The van der Waals surface area contributed by atoms with E-state index in [4.69, 9.17) is 4.74 Å². The van der Waals surface area contributed by atoms with Crippen LogP contribution in [0, 0.1) is 0 Å². The molecule has 3 rings (SSSR count). The maximum absolute atomic E-state index is 12.9. The Morgan fingerprint density at radius 3 is 2.82 bits per heavy atom. The van der Waals surface area contributed by atoms with Crippen LogP contribution in [0.4, 0.5) is 13.2 Å². The van der Waals surface area contributed by atoms with E-state index in [1.807, 2.05) is 0 Å². The number of hydrogen-bond acceptors (Lipinski definition) is 5. The monoisotopic (exact) mass is 327 g/mol. The molecule has 3 heterocycles. The molecule has 0 radical (unpaired) electrons. The van der Waals surface area contributed by atoms with E-state index >= 15 is 0 Å². The number of nitrogens with zero attached hydrogens (tertiary/aromatic N) is 2. The third kappa shape index (κ3) is 2.43. The number of aromatic nitrogens is 3. The van der Waals surface area contributed by atoms with Crippen LogP contribution in [0.15, 0.2) is 28.5 Å². The zero-order valence-electron chi connectivity index (χ0n) is 11.1. The van der Waals surface area contributed by atoms with Gasteiger partial charge in [0, 0.05) is 17.6 Å². The van der Waals surface area contributed by atoms with E-state index < -0.39 is 22.7 Å². The van der Waals surface area contributed by atoms with Crippen LogP contribution in [0.1, 0.15) is 5.56 Å². The molecule has 9 heteroatoms. The van der Waals surface area contributed by atoms with Gasteiger partial charge in [-0.05, 0) is 6.07 Å². The maximum atomic E-state index is 12.9. The summed E-state index contributed by atoms with van der Waals surface area (Å²) in [6.45, 7) is 0. The third-order valence-corrected chi connectivity index (χ3v) is 3.83. The molecule has 1 N–H and O–H groups in total. The molecule has 0 bridgehead atoms.